The number of likely N-dealkylation sites (tertiary alicyclic amines) is 2. The van der Waals surface area contributed by atoms with Crippen LogP contribution in [-0.2, 0) is 4.79 Å². The van der Waals surface area contributed by atoms with Gasteiger partial charge in [0.1, 0.15) is 5.69 Å². The van der Waals surface area contributed by atoms with Crippen LogP contribution in [0.25, 0.3) is 0 Å². The van der Waals surface area contributed by atoms with Crippen LogP contribution in [-0.4, -0.2) is 87.3 Å². The van der Waals surface area contributed by atoms with Crippen molar-refractivity contribution in [2.45, 2.75) is 57.5 Å². The molecule has 4 saturated heterocycles. The summed E-state index contributed by atoms with van der Waals surface area (Å²) in [6, 6.07) is 0.468. The largest absolute Gasteiger partial charge is 0.348 e. The number of nitrogens with one attached hydrogen (secondary N) is 1. The highest BCUT2D eigenvalue weighted by molar-refractivity contribution is 5.92. The Morgan fingerprint density at radius 2 is 1.84 bits per heavy atom. The quantitative estimate of drug-likeness (QED) is 0.750. The molecule has 1 aromatic heterocycles. The second-order valence-corrected chi connectivity index (χ2v) is 9.83. The molecular weight excluding hydrogens is 408 g/mol. The lowest BCUT2D eigenvalue weighted by Gasteiger charge is -2.53. The van der Waals surface area contributed by atoms with E-state index in [0.717, 1.165) is 57.4 Å². The van der Waals surface area contributed by atoms with Gasteiger partial charge in [0, 0.05) is 57.4 Å². The van der Waals surface area contributed by atoms with Gasteiger partial charge in [0.05, 0.1) is 11.9 Å². The number of urea groups is 1. The molecule has 1 N–H and O–H groups in total. The van der Waals surface area contributed by atoms with Gasteiger partial charge in [0.2, 0.25) is 5.91 Å². The van der Waals surface area contributed by atoms with Crippen molar-refractivity contribution < 1.29 is 14.4 Å². The Kier molecular flexibility index (Phi) is 5.73. The van der Waals surface area contributed by atoms with Gasteiger partial charge >= 0.3 is 6.03 Å². The van der Waals surface area contributed by atoms with Crippen molar-refractivity contribution in [2.75, 3.05) is 32.7 Å². The fraction of sp³-hybridized carbons (Fsp3) is 0.696. The van der Waals surface area contributed by atoms with E-state index in [-0.39, 0.29) is 18.0 Å². The normalized spacial score (nSPS) is 28.3. The molecule has 32 heavy (non-hydrogen) atoms. The van der Waals surface area contributed by atoms with Crippen molar-refractivity contribution in [3.63, 3.8) is 0 Å². The van der Waals surface area contributed by atoms with E-state index in [9.17, 15) is 14.4 Å². The van der Waals surface area contributed by atoms with Crippen LogP contribution in [0.4, 0.5) is 4.79 Å². The summed E-state index contributed by atoms with van der Waals surface area (Å²) in [5.41, 5.74) is 1.10. The molecule has 4 aliphatic rings. The lowest BCUT2D eigenvalue weighted by Crippen LogP contribution is -2.62. The first-order valence-corrected chi connectivity index (χ1v) is 11.9. The lowest BCUT2D eigenvalue weighted by atomic mass is 9.76. The first kappa shape index (κ1) is 21.2. The molecule has 2 unspecified atom stereocenters. The Morgan fingerprint density at radius 3 is 2.59 bits per heavy atom. The number of aromatic nitrogens is 2. The summed E-state index contributed by atoms with van der Waals surface area (Å²) in [7, 11) is 0. The summed E-state index contributed by atoms with van der Waals surface area (Å²) >= 11 is 0. The van der Waals surface area contributed by atoms with Crippen LogP contribution in [0.5, 0.6) is 0 Å². The number of hydrogen-bond acceptors (Lipinski definition) is 5. The molecule has 3 atom stereocenters. The molecule has 0 radical (unpaired) electrons. The molecule has 9 nitrogen and oxygen atoms in total. The summed E-state index contributed by atoms with van der Waals surface area (Å²) < 4.78 is 0. The fourth-order valence-electron chi connectivity index (χ4n) is 5.95. The van der Waals surface area contributed by atoms with E-state index < -0.39 is 0 Å². The Bertz CT molecular complexity index is 882. The molecular formula is C23H32N6O3. The highest BCUT2D eigenvalue weighted by Crippen LogP contribution is 2.38. The topological polar surface area (TPSA) is 98.7 Å². The van der Waals surface area contributed by atoms with E-state index in [1.807, 2.05) is 16.7 Å². The number of amides is 4. The van der Waals surface area contributed by atoms with E-state index in [0.29, 0.717) is 49.0 Å². The maximum Gasteiger partial charge on any atom is 0.320 e. The number of carbonyl (C=O) groups is 3. The van der Waals surface area contributed by atoms with Crippen LogP contribution in [0.15, 0.2) is 12.4 Å². The minimum Gasteiger partial charge on any atom is -0.348 e. The highest BCUT2D eigenvalue weighted by atomic mass is 16.2. The number of aryl methyl sites for hydroxylation is 1. The number of hydrogen-bond donors (Lipinski definition) is 1. The van der Waals surface area contributed by atoms with Crippen molar-refractivity contribution >= 4 is 17.8 Å². The zero-order valence-electron chi connectivity index (χ0n) is 18.7. The Balaban J connectivity index is 1.14. The second kappa shape index (κ2) is 8.67. The molecule has 2 bridgehead atoms. The molecule has 0 aliphatic carbocycles. The SMILES string of the molecule is Cc1cnc(C(=O)NC2CCN(C(=O)N3CC4CC(C3)[C@H]3CCCC(=O)N3C4)CC2)cn1. The molecule has 5 rings (SSSR count). The number of fused-ring (bicyclic) bond motifs is 4. The Labute approximate surface area is 188 Å². The van der Waals surface area contributed by atoms with Crippen LogP contribution in [0.1, 0.15) is 54.7 Å². The van der Waals surface area contributed by atoms with E-state index in [1.54, 1.807) is 6.20 Å². The monoisotopic (exact) mass is 440 g/mol. The van der Waals surface area contributed by atoms with Gasteiger partial charge in [-0.25, -0.2) is 9.78 Å². The fourth-order valence-corrected chi connectivity index (χ4v) is 5.95. The summed E-state index contributed by atoms with van der Waals surface area (Å²) in [4.78, 5) is 52.3. The average molecular weight is 441 g/mol. The Hall–Kier alpha value is -2.71. The van der Waals surface area contributed by atoms with Crippen LogP contribution >= 0.6 is 0 Å². The molecule has 4 amide bonds. The van der Waals surface area contributed by atoms with Gasteiger partial charge < -0.3 is 20.0 Å². The predicted molar refractivity (Wildman–Crippen MR) is 117 cm³/mol. The molecule has 0 spiro atoms. The number of carbonyl (C=O) groups excluding carboxylic acids is 3. The molecule has 4 aliphatic heterocycles. The number of piperidine rings is 4. The molecule has 0 aromatic carbocycles. The minimum absolute atomic E-state index is 0.0391. The van der Waals surface area contributed by atoms with Gasteiger partial charge in [-0.1, -0.05) is 0 Å². The van der Waals surface area contributed by atoms with E-state index in [4.69, 9.17) is 0 Å². The van der Waals surface area contributed by atoms with Gasteiger partial charge in [0.15, 0.2) is 0 Å². The van der Waals surface area contributed by atoms with E-state index in [2.05, 4.69) is 20.2 Å². The van der Waals surface area contributed by atoms with Gasteiger partial charge in [-0.15, -0.1) is 0 Å². The van der Waals surface area contributed by atoms with Crippen LogP contribution < -0.4 is 5.32 Å². The van der Waals surface area contributed by atoms with Crippen LogP contribution in [0.3, 0.4) is 0 Å². The molecule has 172 valence electrons. The van der Waals surface area contributed by atoms with Crippen molar-refractivity contribution in [2.24, 2.45) is 11.8 Å². The third kappa shape index (κ3) is 4.17. The standard InChI is InChI=1S/C23H32N6O3/c1-15-10-25-19(11-24-15)22(31)26-18-5-7-27(8-6-18)23(32)28-12-16-9-17(14-28)20-3-2-4-21(30)29(20)13-16/h10-11,16-18,20H,2-9,12-14H2,1H3,(H,26,31)/t16?,17?,20-/m1/s1. The zero-order valence-corrected chi connectivity index (χ0v) is 18.7. The summed E-state index contributed by atoms with van der Waals surface area (Å²) in [6.07, 6.45) is 8.42. The maximum absolute atomic E-state index is 13.3. The van der Waals surface area contributed by atoms with Gasteiger partial charge in [-0.3, -0.25) is 14.6 Å². The van der Waals surface area contributed by atoms with Gasteiger partial charge in [-0.05, 0) is 50.9 Å². The van der Waals surface area contributed by atoms with Crippen LogP contribution in [0, 0.1) is 18.8 Å². The zero-order chi connectivity index (χ0) is 22.2. The maximum atomic E-state index is 13.3. The molecule has 9 heteroatoms. The van der Waals surface area contributed by atoms with Crippen molar-refractivity contribution in [3.8, 4) is 0 Å². The first-order valence-electron chi connectivity index (χ1n) is 11.9. The summed E-state index contributed by atoms with van der Waals surface area (Å²) in [6.45, 7) is 5.43. The molecule has 5 heterocycles. The average Bonchev–Trinajstić information content (AvgIpc) is 2.80. The highest BCUT2D eigenvalue weighted by Gasteiger charge is 2.45. The first-order chi connectivity index (χ1) is 15.5. The van der Waals surface area contributed by atoms with E-state index in [1.165, 1.54) is 6.20 Å². The Morgan fingerprint density at radius 1 is 1.03 bits per heavy atom. The molecule has 4 fully saturated rings. The van der Waals surface area contributed by atoms with Crippen LogP contribution in [0.2, 0.25) is 0 Å². The minimum atomic E-state index is -0.210. The predicted octanol–water partition coefficient (Wildman–Crippen LogP) is 1.43. The second-order valence-electron chi connectivity index (χ2n) is 9.83. The molecule has 1 aromatic rings. The summed E-state index contributed by atoms with van der Waals surface area (Å²) in [5, 5.41) is 3.03. The third-order valence-corrected chi connectivity index (χ3v) is 7.56. The van der Waals surface area contributed by atoms with E-state index >= 15 is 0 Å². The van der Waals surface area contributed by atoms with Crippen molar-refractivity contribution in [1.82, 2.24) is 30.0 Å². The third-order valence-electron chi connectivity index (χ3n) is 7.56. The number of rotatable bonds is 2. The van der Waals surface area contributed by atoms with Gasteiger partial charge in [0.25, 0.3) is 5.91 Å². The van der Waals surface area contributed by atoms with Crippen molar-refractivity contribution in [3.05, 3.63) is 23.8 Å². The smallest absolute Gasteiger partial charge is 0.320 e. The van der Waals surface area contributed by atoms with Gasteiger partial charge in [-0.2, -0.15) is 0 Å². The summed E-state index contributed by atoms with van der Waals surface area (Å²) in [5.74, 6) is 0.890. The number of nitrogens with zero attached hydrogens (tertiary/aromatic N) is 5. The lowest BCUT2D eigenvalue weighted by molar-refractivity contribution is -0.144. The molecule has 0 saturated carbocycles. The van der Waals surface area contributed by atoms with Crippen molar-refractivity contribution in [1.29, 1.82) is 0 Å².